The molecular formula is C25H29N3O3Si. The van der Waals surface area contributed by atoms with Gasteiger partial charge in [-0.25, -0.2) is 4.98 Å². The number of carbonyl (C=O) groups excluding carboxylic acids is 2. The maximum atomic E-state index is 13.1. The lowest BCUT2D eigenvalue weighted by atomic mass is 10.00. The Morgan fingerprint density at radius 3 is 2.38 bits per heavy atom. The monoisotopic (exact) mass is 447 g/mol. The molecule has 3 aromatic rings. The number of imide groups is 1. The molecule has 1 atom stereocenters. The maximum Gasteiger partial charge on any atom is 0.262 e. The van der Waals surface area contributed by atoms with Crippen molar-refractivity contribution >= 4 is 30.9 Å². The van der Waals surface area contributed by atoms with Gasteiger partial charge in [0.1, 0.15) is 6.73 Å². The third-order valence-electron chi connectivity index (χ3n) is 6.39. The second kappa shape index (κ2) is 7.97. The summed E-state index contributed by atoms with van der Waals surface area (Å²) in [4.78, 5) is 32.3. The van der Waals surface area contributed by atoms with Crippen LogP contribution >= 0.6 is 0 Å². The summed E-state index contributed by atoms with van der Waals surface area (Å²) in [5.74, 6) is -0.0745. The molecule has 6 nitrogen and oxygen atoms in total. The van der Waals surface area contributed by atoms with E-state index in [1.807, 2.05) is 34.9 Å². The van der Waals surface area contributed by atoms with Crippen LogP contribution in [-0.2, 0) is 11.5 Å². The highest BCUT2D eigenvalue weighted by atomic mass is 28.3. The molecular weight excluding hydrogens is 418 g/mol. The summed E-state index contributed by atoms with van der Waals surface area (Å²) in [5.41, 5.74) is 3.84. The fourth-order valence-corrected chi connectivity index (χ4v) is 5.17. The number of hydrogen-bond donors (Lipinski definition) is 0. The zero-order chi connectivity index (χ0) is 22.5. The van der Waals surface area contributed by atoms with Gasteiger partial charge in [0, 0.05) is 14.7 Å². The number of aromatic nitrogens is 2. The average Bonchev–Trinajstić information content (AvgIpc) is 3.47. The van der Waals surface area contributed by atoms with Gasteiger partial charge in [-0.3, -0.25) is 14.5 Å². The molecule has 5 rings (SSSR count). The van der Waals surface area contributed by atoms with Crippen LogP contribution in [0.4, 0.5) is 0 Å². The highest BCUT2D eigenvalue weighted by Crippen LogP contribution is 2.47. The Morgan fingerprint density at radius 1 is 1.06 bits per heavy atom. The Hall–Kier alpha value is -2.77. The zero-order valence-corrected chi connectivity index (χ0v) is 19.9. The predicted octanol–water partition coefficient (Wildman–Crippen LogP) is 5.10. The third kappa shape index (κ3) is 3.91. The van der Waals surface area contributed by atoms with Crippen LogP contribution in [0.3, 0.4) is 0 Å². The zero-order valence-electron chi connectivity index (χ0n) is 18.9. The van der Waals surface area contributed by atoms with Crippen molar-refractivity contribution < 1.29 is 14.3 Å². The first-order chi connectivity index (χ1) is 15.3. The van der Waals surface area contributed by atoms with E-state index in [1.165, 1.54) is 4.90 Å². The number of ether oxygens (including phenoxy) is 1. The van der Waals surface area contributed by atoms with Crippen LogP contribution in [-0.4, -0.2) is 40.9 Å². The lowest BCUT2D eigenvalue weighted by Crippen LogP contribution is -2.35. The van der Waals surface area contributed by atoms with Crippen molar-refractivity contribution in [1.82, 2.24) is 14.5 Å². The van der Waals surface area contributed by atoms with Gasteiger partial charge in [0.05, 0.1) is 34.5 Å². The van der Waals surface area contributed by atoms with E-state index in [1.54, 1.807) is 18.5 Å². The number of hydrogen-bond acceptors (Lipinski definition) is 4. The Morgan fingerprint density at radius 2 is 1.75 bits per heavy atom. The largest absolute Gasteiger partial charge is 0.361 e. The summed E-state index contributed by atoms with van der Waals surface area (Å²) >= 11 is 0. The van der Waals surface area contributed by atoms with Gasteiger partial charge in [-0.15, -0.1) is 0 Å². The molecule has 0 bridgehead atoms. The van der Waals surface area contributed by atoms with Gasteiger partial charge < -0.3 is 9.30 Å². The van der Waals surface area contributed by atoms with Crippen molar-refractivity contribution in [2.45, 2.75) is 51.3 Å². The summed E-state index contributed by atoms with van der Waals surface area (Å²) in [7, 11) is -1.12. The van der Waals surface area contributed by atoms with E-state index in [9.17, 15) is 9.59 Å². The molecule has 1 aliphatic carbocycles. The fourth-order valence-electron chi connectivity index (χ4n) is 4.41. The molecule has 1 fully saturated rings. The molecule has 2 amide bonds. The average molecular weight is 448 g/mol. The van der Waals surface area contributed by atoms with E-state index in [0.29, 0.717) is 23.8 Å². The topological polar surface area (TPSA) is 64.4 Å². The summed E-state index contributed by atoms with van der Waals surface area (Å²) in [6.45, 7) is 8.27. The number of imidazole rings is 1. The molecule has 0 radical (unpaired) electrons. The normalized spacial score (nSPS) is 17.3. The van der Waals surface area contributed by atoms with Crippen LogP contribution in [0.1, 0.15) is 45.2 Å². The lowest BCUT2D eigenvalue weighted by Gasteiger charge is -2.26. The standard InChI is InChI=1S/C25H29N3O3Si/c1-32(2,3)13-12-31-16-27-15-26-21-14-18(10-11-22(21)27)23(17-8-9-17)28-24(29)19-6-4-5-7-20(19)25(28)30/h4-7,10-11,14-15,17,23H,8-9,12-13,16H2,1-3H3/t23-/m1/s1. The highest BCUT2D eigenvalue weighted by molar-refractivity contribution is 6.76. The number of benzene rings is 2. The quantitative estimate of drug-likeness (QED) is 0.274. The predicted molar refractivity (Wildman–Crippen MR) is 126 cm³/mol. The number of amides is 2. The van der Waals surface area contributed by atoms with Gasteiger partial charge in [0.15, 0.2) is 0 Å². The van der Waals surface area contributed by atoms with Gasteiger partial charge in [0.25, 0.3) is 11.8 Å². The molecule has 0 unspecified atom stereocenters. The Balaban J connectivity index is 1.39. The van der Waals surface area contributed by atoms with Crippen molar-refractivity contribution in [1.29, 1.82) is 0 Å². The maximum absolute atomic E-state index is 13.1. The fraction of sp³-hybridized carbons (Fsp3) is 0.400. The first-order valence-electron chi connectivity index (χ1n) is 11.3. The lowest BCUT2D eigenvalue weighted by molar-refractivity contribution is 0.0562. The molecule has 0 N–H and O–H groups in total. The van der Waals surface area contributed by atoms with Gasteiger partial charge in [-0.05, 0) is 54.6 Å². The van der Waals surface area contributed by atoms with Crippen molar-refractivity contribution in [3.05, 3.63) is 65.5 Å². The minimum absolute atomic E-state index is 0.191. The molecule has 166 valence electrons. The van der Waals surface area contributed by atoms with E-state index >= 15 is 0 Å². The van der Waals surface area contributed by atoms with Crippen molar-refractivity contribution in [2.75, 3.05) is 6.61 Å². The number of carbonyl (C=O) groups is 2. The molecule has 2 aromatic carbocycles. The van der Waals surface area contributed by atoms with E-state index in [4.69, 9.17) is 4.74 Å². The summed E-state index contributed by atoms with van der Waals surface area (Å²) in [6.07, 6.45) is 3.85. The van der Waals surface area contributed by atoms with Crippen LogP contribution in [0, 0.1) is 5.92 Å². The molecule has 32 heavy (non-hydrogen) atoms. The minimum atomic E-state index is -1.12. The molecule has 1 aromatic heterocycles. The number of rotatable bonds is 8. The SMILES string of the molecule is C[Si](C)(C)CCOCn1cnc2cc([C@@H](C3CC3)N3C(=O)c4ccccc4C3=O)ccc21. The molecule has 2 heterocycles. The molecule has 0 spiro atoms. The van der Waals surface area contributed by atoms with Crippen molar-refractivity contribution in [2.24, 2.45) is 5.92 Å². The highest BCUT2D eigenvalue weighted by Gasteiger charge is 2.46. The van der Waals surface area contributed by atoms with Crippen molar-refractivity contribution in [3.8, 4) is 0 Å². The minimum Gasteiger partial charge on any atom is -0.361 e. The summed E-state index contributed by atoms with van der Waals surface area (Å²) < 4.78 is 7.90. The van der Waals surface area contributed by atoms with Crippen molar-refractivity contribution in [3.63, 3.8) is 0 Å². The second-order valence-electron chi connectivity index (χ2n) is 10.1. The number of nitrogens with zero attached hydrogens (tertiary/aromatic N) is 3. The van der Waals surface area contributed by atoms with Crippen LogP contribution in [0.2, 0.25) is 25.7 Å². The van der Waals surface area contributed by atoms with Crippen LogP contribution < -0.4 is 0 Å². The Kier molecular flexibility index (Phi) is 5.26. The molecule has 0 saturated heterocycles. The first kappa shape index (κ1) is 21.1. The molecule has 2 aliphatic rings. The van der Waals surface area contributed by atoms with Gasteiger partial charge in [-0.1, -0.05) is 37.8 Å². The smallest absolute Gasteiger partial charge is 0.262 e. The van der Waals surface area contributed by atoms with Gasteiger partial charge in [-0.2, -0.15) is 0 Å². The number of fused-ring (bicyclic) bond motifs is 2. The van der Waals surface area contributed by atoms with E-state index in [2.05, 4.69) is 24.6 Å². The summed E-state index contributed by atoms with van der Waals surface area (Å²) in [5, 5.41) is 0. The molecule has 1 saturated carbocycles. The van der Waals surface area contributed by atoms with Crippen LogP contribution in [0.25, 0.3) is 11.0 Å². The van der Waals surface area contributed by atoms with E-state index in [-0.39, 0.29) is 17.9 Å². The molecule has 7 heteroatoms. The van der Waals surface area contributed by atoms with Gasteiger partial charge in [0.2, 0.25) is 0 Å². The first-order valence-corrected chi connectivity index (χ1v) is 15.0. The van der Waals surface area contributed by atoms with Crippen LogP contribution in [0.15, 0.2) is 48.8 Å². The third-order valence-corrected chi connectivity index (χ3v) is 8.09. The Bertz CT molecular complexity index is 1160. The molecule has 1 aliphatic heterocycles. The second-order valence-corrected chi connectivity index (χ2v) is 15.7. The van der Waals surface area contributed by atoms with E-state index < -0.39 is 8.07 Å². The van der Waals surface area contributed by atoms with Crippen LogP contribution in [0.5, 0.6) is 0 Å². The van der Waals surface area contributed by atoms with Gasteiger partial charge >= 0.3 is 0 Å². The summed E-state index contributed by atoms with van der Waals surface area (Å²) in [6, 6.07) is 14.1. The Labute approximate surface area is 189 Å². The van der Waals surface area contributed by atoms with E-state index in [0.717, 1.165) is 42.1 Å².